The third-order valence-corrected chi connectivity index (χ3v) is 4.35. The summed E-state index contributed by atoms with van der Waals surface area (Å²) in [6.07, 6.45) is 4.60. The van der Waals surface area contributed by atoms with Gasteiger partial charge in [0.2, 0.25) is 4.74 Å². The summed E-state index contributed by atoms with van der Waals surface area (Å²) >= 11 is 3.08. The fraction of sp³-hybridized carbons (Fsp3) is 0.412. The van der Waals surface area contributed by atoms with Gasteiger partial charge in [0.25, 0.3) is 0 Å². The molecule has 1 aromatic heterocycles. The van der Waals surface area contributed by atoms with Crippen LogP contribution in [0.3, 0.4) is 0 Å². The van der Waals surface area contributed by atoms with Gasteiger partial charge in [-0.2, -0.15) is 11.8 Å². The second-order valence-electron chi connectivity index (χ2n) is 4.70. The van der Waals surface area contributed by atoms with Gasteiger partial charge in [-0.15, -0.1) is 0 Å². The number of aldehydes is 1. The van der Waals surface area contributed by atoms with E-state index in [9.17, 15) is 9.59 Å². The van der Waals surface area contributed by atoms with Crippen LogP contribution in [0.4, 0.5) is 0 Å². The molecule has 0 N–H and O–H groups in total. The second kappa shape index (κ2) is 10.4. The lowest BCUT2D eigenvalue weighted by Crippen LogP contribution is -2.02. The second-order valence-corrected chi connectivity index (χ2v) is 6.73. The number of rotatable bonds is 6. The van der Waals surface area contributed by atoms with Crippen LogP contribution in [0.1, 0.15) is 25.3 Å². The first-order chi connectivity index (χ1) is 10.6. The molecule has 0 amide bonds. The highest BCUT2D eigenvalue weighted by atomic mass is 32.2. The smallest absolute Gasteiger partial charge is 0.236 e. The fourth-order valence-corrected chi connectivity index (χ4v) is 3.06. The maximum Gasteiger partial charge on any atom is 0.236 e. The van der Waals surface area contributed by atoms with E-state index in [1.54, 1.807) is 17.8 Å². The number of ether oxygens (including phenoxy) is 1. The molecule has 1 heterocycles. The van der Waals surface area contributed by atoms with Crippen molar-refractivity contribution in [2.75, 3.05) is 18.6 Å². The molecule has 0 bridgehead atoms. The lowest BCUT2D eigenvalue weighted by molar-refractivity contribution is -0.107. The summed E-state index contributed by atoms with van der Waals surface area (Å²) < 4.78 is 6.79. The van der Waals surface area contributed by atoms with Gasteiger partial charge in [-0.05, 0) is 43.0 Å². The van der Waals surface area contributed by atoms with Gasteiger partial charge in [0, 0.05) is 22.6 Å². The first-order valence-corrected chi connectivity index (χ1v) is 9.43. The van der Waals surface area contributed by atoms with Crippen LogP contribution in [-0.4, -0.2) is 24.9 Å². The van der Waals surface area contributed by atoms with Crippen molar-refractivity contribution in [1.29, 1.82) is 0 Å². The van der Waals surface area contributed by atoms with Crippen LogP contribution in [-0.2, 0) is 4.79 Å². The van der Waals surface area contributed by atoms with Crippen LogP contribution >= 0.6 is 23.1 Å². The van der Waals surface area contributed by atoms with Crippen molar-refractivity contribution in [3.05, 3.63) is 39.4 Å². The summed E-state index contributed by atoms with van der Waals surface area (Å²) in [5, 5.41) is 1.04. The molecule has 0 saturated carbocycles. The van der Waals surface area contributed by atoms with Gasteiger partial charge < -0.3 is 9.53 Å². The van der Waals surface area contributed by atoms with E-state index in [0.717, 1.165) is 39.9 Å². The minimum atomic E-state index is 0.0490. The zero-order chi connectivity index (χ0) is 16.4. The average Bonchev–Trinajstić information content (AvgIpc) is 2.51. The van der Waals surface area contributed by atoms with Crippen LogP contribution in [0.2, 0.25) is 0 Å². The molecule has 3 nitrogen and oxygen atoms in total. The van der Waals surface area contributed by atoms with E-state index in [1.807, 2.05) is 32.0 Å². The molecule has 0 unspecified atom stereocenters. The first-order valence-electron chi connectivity index (χ1n) is 7.22. The third kappa shape index (κ3) is 6.20. The van der Waals surface area contributed by atoms with Crippen LogP contribution in [0.25, 0.3) is 10.1 Å². The highest BCUT2D eigenvalue weighted by Crippen LogP contribution is 2.27. The Bertz CT molecular complexity index is 650. The molecule has 0 fully saturated rings. The maximum absolute atomic E-state index is 11.6. The van der Waals surface area contributed by atoms with Crippen molar-refractivity contribution in [1.82, 2.24) is 0 Å². The van der Waals surface area contributed by atoms with Crippen molar-refractivity contribution in [3.8, 4) is 5.75 Å². The number of carbonyl (C=O) groups excluding carboxylic acids is 1. The quantitative estimate of drug-likeness (QED) is 0.582. The molecule has 22 heavy (non-hydrogen) atoms. The molecule has 0 saturated heterocycles. The van der Waals surface area contributed by atoms with E-state index >= 15 is 0 Å². The van der Waals surface area contributed by atoms with Crippen molar-refractivity contribution < 1.29 is 9.53 Å². The number of benzene rings is 1. The Morgan fingerprint density at radius 1 is 1.32 bits per heavy atom. The minimum absolute atomic E-state index is 0.0490. The van der Waals surface area contributed by atoms with Gasteiger partial charge in [-0.1, -0.05) is 24.3 Å². The van der Waals surface area contributed by atoms with E-state index in [2.05, 4.69) is 6.26 Å². The molecule has 0 spiro atoms. The van der Waals surface area contributed by atoms with Crippen molar-refractivity contribution in [3.63, 3.8) is 0 Å². The molecule has 0 radical (unpaired) electrons. The molecule has 120 valence electrons. The summed E-state index contributed by atoms with van der Waals surface area (Å²) in [6, 6.07) is 7.72. The fourth-order valence-electron chi connectivity index (χ4n) is 1.74. The molecule has 0 aliphatic heterocycles. The van der Waals surface area contributed by atoms with E-state index in [-0.39, 0.29) is 4.74 Å². The Labute approximate surface area is 139 Å². The monoisotopic (exact) mass is 338 g/mol. The van der Waals surface area contributed by atoms with Gasteiger partial charge >= 0.3 is 0 Å². The predicted molar refractivity (Wildman–Crippen MR) is 97.7 cm³/mol. The van der Waals surface area contributed by atoms with Crippen molar-refractivity contribution in [2.24, 2.45) is 0 Å². The highest BCUT2D eigenvalue weighted by molar-refractivity contribution is 7.98. The molecule has 0 aliphatic carbocycles. The molecule has 2 aromatic rings. The predicted octanol–water partition coefficient (Wildman–Crippen LogP) is 4.30. The van der Waals surface area contributed by atoms with E-state index in [0.29, 0.717) is 13.0 Å². The Morgan fingerprint density at radius 3 is 2.68 bits per heavy atom. The molecule has 0 aliphatic rings. The normalized spacial score (nSPS) is 9.95. The lowest BCUT2D eigenvalue weighted by atomic mass is 10.2. The number of aryl methyl sites for hydroxylation is 1. The molecular weight excluding hydrogens is 316 g/mol. The number of hydrogen-bond donors (Lipinski definition) is 0. The minimum Gasteiger partial charge on any atom is -0.493 e. The highest BCUT2D eigenvalue weighted by Gasteiger charge is 2.05. The van der Waals surface area contributed by atoms with Gasteiger partial charge in [-0.3, -0.25) is 4.79 Å². The summed E-state index contributed by atoms with van der Waals surface area (Å²) in [5.41, 5.74) is 1.16. The zero-order valence-corrected chi connectivity index (χ0v) is 14.9. The van der Waals surface area contributed by atoms with E-state index < -0.39 is 0 Å². The lowest BCUT2D eigenvalue weighted by Gasteiger charge is -2.08. The van der Waals surface area contributed by atoms with E-state index in [1.165, 1.54) is 11.3 Å². The zero-order valence-electron chi connectivity index (χ0n) is 13.3. The first kappa shape index (κ1) is 18.7. The van der Waals surface area contributed by atoms with Crippen molar-refractivity contribution >= 4 is 39.5 Å². The topological polar surface area (TPSA) is 43.4 Å². The largest absolute Gasteiger partial charge is 0.493 e. The van der Waals surface area contributed by atoms with Crippen LogP contribution in [0, 0.1) is 6.92 Å². The number of hydrogen-bond acceptors (Lipinski definition) is 5. The number of thioether (sulfide) groups is 1. The SMILES string of the molecule is CCC=O.CSCCCOc1cc(=O)sc2cc(C)ccc12. The Kier molecular flexibility index (Phi) is 8.85. The van der Waals surface area contributed by atoms with Gasteiger partial charge in [-0.25, -0.2) is 0 Å². The summed E-state index contributed by atoms with van der Waals surface area (Å²) in [7, 11) is 0. The Balaban J connectivity index is 0.000000541. The maximum atomic E-state index is 11.6. The van der Waals surface area contributed by atoms with Crippen LogP contribution in [0.15, 0.2) is 29.1 Å². The molecule has 2 rings (SSSR count). The number of carbonyl (C=O) groups is 1. The van der Waals surface area contributed by atoms with E-state index in [4.69, 9.17) is 4.74 Å². The number of fused-ring (bicyclic) bond motifs is 1. The summed E-state index contributed by atoms with van der Waals surface area (Å²) in [4.78, 5) is 20.8. The molecule has 5 heteroatoms. The summed E-state index contributed by atoms with van der Waals surface area (Å²) in [6.45, 7) is 4.51. The molecule has 0 atom stereocenters. The summed E-state index contributed by atoms with van der Waals surface area (Å²) in [5.74, 6) is 1.80. The molecule has 1 aromatic carbocycles. The third-order valence-electron chi connectivity index (χ3n) is 2.78. The van der Waals surface area contributed by atoms with Gasteiger partial charge in [0.05, 0.1) is 6.61 Å². The van der Waals surface area contributed by atoms with Crippen LogP contribution in [0.5, 0.6) is 5.75 Å². The average molecular weight is 338 g/mol. The standard InChI is InChI=1S/C14H16O2S2.C3H6O/c1-10-4-5-11-12(16-6-3-7-17-2)9-14(15)18-13(11)8-10;1-2-3-4/h4-5,8-9H,3,6-7H2,1-2H3;3H,2H2,1H3. The van der Waals surface area contributed by atoms with Gasteiger partial charge in [0.15, 0.2) is 0 Å². The van der Waals surface area contributed by atoms with Crippen LogP contribution < -0.4 is 9.48 Å². The molecular formula is C17H22O3S2. The Hall–Kier alpha value is -1.33. The van der Waals surface area contributed by atoms with Gasteiger partial charge in [0.1, 0.15) is 12.0 Å². The Morgan fingerprint density at radius 2 is 2.05 bits per heavy atom. The van der Waals surface area contributed by atoms with Crippen molar-refractivity contribution in [2.45, 2.75) is 26.7 Å².